The molecule has 0 saturated carbocycles. The van der Waals surface area contributed by atoms with Crippen molar-refractivity contribution >= 4 is 22.9 Å². The van der Waals surface area contributed by atoms with E-state index in [0.717, 1.165) is 29.3 Å². The molecule has 1 aromatic heterocycles. The first-order valence-electron chi connectivity index (χ1n) is 5.72. The summed E-state index contributed by atoms with van der Waals surface area (Å²) in [5.41, 5.74) is 7.56. The first-order chi connectivity index (χ1) is 8.56. The van der Waals surface area contributed by atoms with E-state index in [1.807, 2.05) is 50.4 Å². The van der Waals surface area contributed by atoms with Crippen molar-refractivity contribution in [3.05, 3.63) is 53.5 Å². The van der Waals surface area contributed by atoms with Gasteiger partial charge >= 0.3 is 0 Å². The van der Waals surface area contributed by atoms with Gasteiger partial charge in [-0.1, -0.05) is 12.2 Å². The van der Waals surface area contributed by atoms with Crippen LogP contribution in [-0.4, -0.2) is 12.0 Å². The lowest BCUT2D eigenvalue weighted by Gasteiger charge is -2.18. The molecule has 0 saturated heterocycles. The van der Waals surface area contributed by atoms with Crippen LogP contribution in [0.2, 0.25) is 0 Å². The minimum absolute atomic E-state index is 0.422. The smallest absolute Gasteiger partial charge is 0.123 e. The van der Waals surface area contributed by atoms with Crippen molar-refractivity contribution in [3.8, 4) is 0 Å². The fourth-order valence-electron chi connectivity index (χ4n) is 1.78. The van der Waals surface area contributed by atoms with Crippen LogP contribution >= 0.6 is 12.2 Å². The van der Waals surface area contributed by atoms with Crippen LogP contribution in [0.25, 0.3) is 0 Å². The Labute approximate surface area is 112 Å². The number of anilines is 1. The average Bonchev–Trinajstić information content (AvgIpc) is 2.75. The molecular weight excluding hydrogens is 244 g/mol. The SMILES string of the molecule is Cc1ccc(CN(C)c2ccc(C(N)=S)cc2)o1. The second kappa shape index (κ2) is 5.23. The summed E-state index contributed by atoms with van der Waals surface area (Å²) < 4.78 is 5.56. The first kappa shape index (κ1) is 12.6. The summed E-state index contributed by atoms with van der Waals surface area (Å²) in [5.74, 6) is 1.88. The monoisotopic (exact) mass is 260 g/mol. The highest BCUT2D eigenvalue weighted by Gasteiger charge is 2.05. The summed E-state index contributed by atoms with van der Waals surface area (Å²) in [6.07, 6.45) is 0. The van der Waals surface area contributed by atoms with Crippen LogP contribution in [0.4, 0.5) is 5.69 Å². The fraction of sp³-hybridized carbons (Fsp3) is 0.214. The number of nitrogens with two attached hydrogens (primary N) is 1. The van der Waals surface area contributed by atoms with E-state index in [2.05, 4.69) is 4.90 Å². The summed E-state index contributed by atoms with van der Waals surface area (Å²) in [7, 11) is 2.02. The van der Waals surface area contributed by atoms with Crippen molar-refractivity contribution in [1.29, 1.82) is 0 Å². The number of thiocarbonyl (C=S) groups is 1. The first-order valence-corrected chi connectivity index (χ1v) is 6.13. The number of aryl methyl sites for hydroxylation is 1. The molecule has 94 valence electrons. The molecular formula is C14H16N2OS. The van der Waals surface area contributed by atoms with Gasteiger partial charge in [0, 0.05) is 18.3 Å². The van der Waals surface area contributed by atoms with Gasteiger partial charge in [0.2, 0.25) is 0 Å². The third-order valence-corrected chi connectivity index (χ3v) is 3.02. The number of benzene rings is 1. The van der Waals surface area contributed by atoms with E-state index in [9.17, 15) is 0 Å². The zero-order valence-corrected chi connectivity index (χ0v) is 11.3. The van der Waals surface area contributed by atoms with Gasteiger partial charge in [0.05, 0.1) is 6.54 Å². The molecule has 0 fully saturated rings. The molecule has 2 rings (SSSR count). The Hall–Kier alpha value is -1.81. The lowest BCUT2D eigenvalue weighted by Crippen LogP contribution is -2.16. The number of hydrogen-bond donors (Lipinski definition) is 1. The number of rotatable bonds is 4. The summed E-state index contributed by atoms with van der Waals surface area (Å²) in [6.45, 7) is 2.68. The van der Waals surface area contributed by atoms with Gasteiger partial charge in [0.1, 0.15) is 16.5 Å². The van der Waals surface area contributed by atoms with E-state index in [4.69, 9.17) is 22.4 Å². The van der Waals surface area contributed by atoms with E-state index in [0.29, 0.717) is 4.99 Å². The maximum atomic E-state index is 5.57. The highest BCUT2D eigenvalue weighted by atomic mass is 32.1. The number of hydrogen-bond acceptors (Lipinski definition) is 3. The second-order valence-corrected chi connectivity index (χ2v) is 4.72. The molecule has 0 radical (unpaired) electrons. The van der Waals surface area contributed by atoms with Crippen LogP contribution in [0.5, 0.6) is 0 Å². The van der Waals surface area contributed by atoms with Gasteiger partial charge in [-0.3, -0.25) is 0 Å². The fourth-order valence-corrected chi connectivity index (χ4v) is 1.91. The molecule has 18 heavy (non-hydrogen) atoms. The number of furan rings is 1. The van der Waals surface area contributed by atoms with Crippen molar-refractivity contribution in [2.75, 3.05) is 11.9 Å². The Balaban J connectivity index is 2.09. The largest absolute Gasteiger partial charge is 0.464 e. The Bertz CT molecular complexity index is 545. The van der Waals surface area contributed by atoms with E-state index >= 15 is 0 Å². The third kappa shape index (κ3) is 2.90. The summed E-state index contributed by atoms with van der Waals surface area (Å²) in [6, 6.07) is 11.8. The van der Waals surface area contributed by atoms with Crippen LogP contribution in [0.3, 0.4) is 0 Å². The van der Waals surface area contributed by atoms with Gasteiger partial charge in [-0.2, -0.15) is 0 Å². The molecule has 0 aliphatic rings. The molecule has 0 aliphatic carbocycles. The standard InChI is InChI=1S/C14H16N2OS/c1-10-3-8-13(17-10)9-16(2)12-6-4-11(5-7-12)14(15)18/h3-8H,9H2,1-2H3,(H2,15,18). The van der Waals surface area contributed by atoms with Crippen LogP contribution in [-0.2, 0) is 6.54 Å². The highest BCUT2D eigenvalue weighted by molar-refractivity contribution is 7.80. The minimum atomic E-state index is 0.422. The molecule has 2 aromatic rings. The maximum absolute atomic E-state index is 5.57. The predicted molar refractivity (Wildman–Crippen MR) is 77.9 cm³/mol. The summed E-state index contributed by atoms with van der Waals surface area (Å²) in [5, 5.41) is 0. The summed E-state index contributed by atoms with van der Waals surface area (Å²) in [4.78, 5) is 2.53. The van der Waals surface area contributed by atoms with E-state index in [1.165, 1.54) is 0 Å². The topological polar surface area (TPSA) is 42.4 Å². The van der Waals surface area contributed by atoms with Crippen LogP contribution in [0, 0.1) is 6.92 Å². The van der Waals surface area contributed by atoms with Crippen LogP contribution < -0.4 is 10.6 Å². The van der Waals surface area contributed by atoms with Crippen molar-refractivity contribution in [2.24, 2.45) is 5.73 Å². The molecule has 0 atom stereocenters. The second-order valence-electron chi connectivity index (χ2n) is 4.28. The predicted octanol–water partition coefficient (Wildman–Crippen LogP) is 2.86. The molecule has 1 heterocycles. The van der Waals surface area contributed by atoms with E-state index < -0.39 is 0 Å². The van der Waals surface area contributed by atoms with Gasteiger partial charge in [0.25, 0.3) is 0 Å². The molecule has 0 aliphatic heterocycles. The van der Waals surface area contributed by atoms with Crippen molar-refractivity contribution in [3.63, 3.8) is 0 Å². The van der Waals surface area contributed by atoms with Gasteiger partial charge in [0.15, 0.2) is 0 Å². The molecule has 0 bridgehead atoms. The Kier molecular flexibility index (Phi) is 3.67. The normalized spacial score (nSPS) is 10.3. The van der Waals surface area contributed by atoms with E-state index in [1.54, 1.807) is 0 Å². The van der Waals surface area contributed by atoms with Crippen molar-refractivity contribution in [2.45, 2.75) is 13.5 Å². The quantitative estimate of drug-likeness (QED) is 0.858. The average molecular weight is 260 g/mol. The molecule has 0 amide bonds. The van der Waals surface area contributed by atoms with Crippen molar-refractivity contribution < 1.29 is 4.42 Å². The zero-order valence-electron chi connectivity index (χ0n) is 10.5. The van der Waals surface area contributed by atoms with Gasteiger partial charge in [-0.05, 0) is 43.3 Å². The van der Waals surface area contributed by atoms with Gasteiger partial charge in [-0.15, -0.1) is 0 Å². The highest BCUT2D eigenvalue weighted by Crippen LogP contribution is 2.17. The molecule has 2 N–H and O–H groups in total. The molecule has 0 unspecified atom stereocenters. The molecule has 3 nitrogen and oxygen atoms in total. The Morgan fingerprint density at radius 3 is 2.39 bits per heavy atom. The molecule has 0 spiro atoms. The van der Waals surface area contributed by atoms with Gasteiger partial charge in [-0.25, -0.2) is 0 Å². The molecule has 1 aromatic carbocycles. The van der Waals surface area contributed by atoms with Crippen LogP contribution in [0.15, 0.2) is 40.8 Å². The lowest BCUT2D eigenvalue weighted by atomic mass is 10.2. The summed E-state index contributed by atoms with van der Waals surface area (Å²) >= 11 is 4.93. The van der Waals surface area contributed by atoms with Crippen molar-refractivity contribution in [1.82, 2.24) is 0 Å². The Morgan fingerprint density at radius 1 is 1.22 bits per heavy atom. The molecule has 4 heteroatoms. The van der Waals surface area contributed by atoms with Crippen LogP contribution in [0.1, 0.15) is 17.1 Å². The van der Waals surface area contributed by atoms with Gasteiger partial charge < -0.3 is 15.1 Å². The minimum Gasteiger partial charge on any atom is -0.464 e. The maximum Gasteiger partial charge on any atom is 0.123 e. The zero-order chi connectivity index (χ0) is 13.1. The lowest BCUT2D eigenvalue weighted by molar-refractivity contribution is 0.482. The Morgan fingerprint density at radius 2 is 1.89 bits per heavy atom. The number of nitrogens with zero attached hydrogens (tertiary/aromatic N) is 1. The van der Waals surface area contributed by atoms with E-state index in [-0.39, 0.29) is 0 Å². The third-order valence-electron chi connectivity index (χ3n) is 2.78.